The first-order valence-corrected chi connectivity index (χ1v) is 11.7. The fraction of sp³-hybridized carbons (Fsp3) is 0.407. The summed E-state index contributed by atoms with van der Waals surface area (Å²) in [5.41, 5.74) is 2.63. The lowest BCUT2D eigenvalue weighted by atomic mass is 10.1. The monoisotopic (exact) mass is 470 g/mol. The number of benzene rings is 2. The number of hydrogen-bond donors (Lipinski definition) is 2. The number of allylic oxidation sites excluding steroid dienone is 1. The van der Waals surface area contributed by atoms with Gasteiger partial charge in [0.1, 0.15) is 0 Å². The molecular weight excluding hydrogens is 434 g/mol. The van der Waals surface area contributed by atoms with Gasteiger partial charge in [0.15, 0.2) is 11.6 Å². The minimum Gasteiger partial charge on any atom is -0.379 e. The van der Waals surface area contributed by atoms with Gasteiger partial charge in [-0.2, -0.15) is 0 Å². The van der Waals surface area contributed by atoms with Crippen molar-refractivity contribution in [2.45, 2.75) is 53.1 Å². The number of nitrogens with zero attached hydrogens (tertiary/aromatic N) is 2. The molecule has 0 radical (unpaired) electrons. The predicted octanol–water partition coefficient (Wildman–Crippen LogP) is 5.71. The van der Waals surface area contributed by atoms with Crippen molar-refractivity contribution in [2.24, 2.45) is 10.9 Å². The average Bonchev–Trinajstić information content (AvgIpc) is 2.79. The van der Waals surface area contributed by atoms with E-state index in [1.165, 1.54) is 12.1 Å². The summed E-state index contributed by atoms with van der Waals surface area (Å²) >= 11 is 0. The molecule has 0 fully saturated rings. The molecular formula is C27H36F2N4O. The molecule has 7 heteroatoms. The Hall–Kier alpha value is -3.06. The van der Waals surface area contributed by atoms with Crippen molar-refractivity contribution in [1.29, 1.82) is 0 Å². The lowest BCUT2D eigenvalue weighted by Crippen LogP contribution is -2.30. The third-order valence-electron chi connectivity index (χ3n) is 5.46. The van der Waals surface area contributed by atoms with Crippen LogP contribution in [0.25, 0.3) is 0 Å². The molecule has 0 saturated carbocycles. The summed E-state index contributed by atoms with van der Waals surface area (Å²) in [4.78, 5) is 19.2. The summed E-state index contributed by atoms with van der Waals surface area (Å²) in [5.74, 6) is -2.04. The van der Waals surface area contributed by atoms with E-state index >= 15 is 0 Å². The maximum absolute atomic E-state index is 13.8. The topological polar surface area (TPSA) is 56.7 Å². The van der Waals surface area contributed by atoms with E-state index in [1.54, 1.807) is 6.07 Å². The Balaban J connectivity index is 2.00. The molecule has 0 aliphatic carbocycles. The summed E-state index contributed by atoms with van der Waals surface area (Å²) in [6.45, 7) is 11.3. The van der Waals surface area contributed by atoms with Gasteiger partial charge in [0.25, 0.3) is 0 Å². The molecule has 0 saturated heterocycles. The van der Waals surface area contributed by atoms with Crippen LogP contribution in [0.2, 0.25) is 0 Å². The van der Waals surface area contributed by atoms with E-state index in [4.69, 9.17) is 0 Å². The van der Waals surface area contributed by atoms with E-state index in [1.807, 2.05) is 45.3 Å². The highest BCUT2D eigenvalue weighted by atomic mass is 19.2. The number of carbonyl (C=O) groups is 1. The van der Waals surface area contributed by atoms with E-state index in [9.17, 15) is 13.6 Å². The Bertz CT molecular complexity index is 1020. The Morgan fingerprint density at radius 1 is 1.12 bits per heavy atom. The van der Waals surface area contributed by atoms with Crippen LogP contribution >= 0.6 is 0 Å². The third kappa shape index (κ3) is 8.37. The summed E-state index contributed by atoms with van der Waals surface area (Å²) in [5, 5.41) is 6.27. The maximum atomic E-state index is 13.8. The minimum atomic E-state index is -0.989. The highest BCUT2D eigenvalue weighted by Crippen LogP contribution is 2.19. The smallest absolute Gasteiger partial charge is 0.228 e. The van der Waals surface area contributed by atoms with Crippen LogP contribution in [0.4, 0.5) is 14.5 Å². The maximum Gasteiger partial charge on any atom is 0.228 e. The summed E-state index contributed by atoms with van der Waals surface area (Å²) in [6, 6.07) is 11.3. The Labute approximate surface area is 202 Å². The first-order chi connectivity index (χ1) is 16.1. The van der Waals surface area contributed by atoms with Gasteiger partial charge in [-0.3, -0.25) is 9.79 Å². The number of hydrogen-bond acceptors (Lipinski definition) is 4. The zero-order valence-corrected chi connectivity index (χ0v) is 20.9. The van der Waals surface area contributed by atoms with Crippen molar-refractivity contribution < 1.29 is 13.6 Å². The molecule has 2 aromatic rings. The zero-order chi connectivity index (χ0) is 25.3. The highest BCUT2D eigenvalue weighted by molar-refractivity contribution is 5.92. The second-order valence-corrected chi connectivity index (χ2v) is 8.80. The molecule has 2 aromatic carbocycles. The summed E-state index contributed by atoms with van der Waals surface area (Å²) in [7, 11) is 2.03. The van der Waals surface area contributed by atoms with E-state index in [0.29, 0.717) is 11.6 Å². The average molecular weight is 471 g/mol. The lowest BCUT2D eigenvalue weighted by molar-refractivity contribution is -0.115. The standard InChI is InChI=1S/C27H36F2N4O/c1-7-33(6)17-25(18(2)3)30-16-19(4)31-20(5)21-10-8-12-23(14-21)32-26(34)15-22-11-9-13-24(28)27(22)29/h8-14,16-20,31H,7,15H2,1-6H3,(H,32,34)/b25-17+,30-16?/t19?,20-/m0/s1. The van der Waals surface area contributed by atoms with Gasteiger partial charge in [0.05, 0.1) is 12.1 Å². The number of anilines is 1. The number of carbonyl (C=O) groups excluding carboxylic acids is 1. The number of amides is 1. The van der Waals surface area contributed by atoms with Crippen LogP contribution < -0.4 is 10.6 Å². The molecule has 0 spiro atoms. The molecule has 34 heavy (non-hydrogen) atoms. The van der Waals surface area contributed by atoms with E-state index in [0.717, 1.165) is 23.9 Å². The molecule has 184 valence electrons. The van der Waals surface area contributed by atoms with Gasteiger partial charge in [-0.1, -0.05) is 38.1 Å². The van der Waals surface area contributed by atoms with Gasteiger partial charge in [-0.15, -0.1) is 0 Å². The van der Waals surface area contributed by atoms with Crippen LogP contribution in [0.3, 0.4) is 0 Å². The first kappa shape index (κ1) is 27.2. The van der Waals surface area contributed by atoms with E-state index < -0.39 is 17.5 Å². The van der Waals surface area contributed by atoms with Crippen molar-refractivity contribution >= 4 is 17.8 Å². The van der Waals surface area contributed by atoms with Crippen molar-refractivity contribution in [3.05, 3.63) is 77.1 Å². The van der Waals surface area contributed by atoms with Crippen LogP contribution in [0.1, 0.15) is 51.8 Å². The first-order valence-electron chi connectivity index (χ1n) is 11.7. The van der Waals surface area contributed by atoms with Crippen molar-refractivity contribution in [2.75, 3.05) is 18.9 Å². The second-order valence-electron chi connectivity index (χ2n) is 8.80. The SMILES string of the molecule is CCN(C)/C=C(/N=CC(C)N[C@@H](C)c1cccc(NC(=O)Cc2cccc(F)c2F)c1)C(C)C. The molecule has 2 N–H and O–H groups in total. The number of halogens is 2. The molecule has 2 atom stereocenters. The molecule has 0 aromatic heterocycles. The van der Waals surface area contributed by atoms with Crippen LogP contribution in [0.15, 0.2) is 59.4 Å². The molecule has 1 unspecified atom stereocenters. The minimum absolute atomic E-state index is 0.00348. The van der Waals surface area contributed by atoms with Crippen molar-refractivity contribution in [3.8, 4) is 0 Å². The molecule has 0 aliphatic heterocycles. The van der Waals surface area contributed by atoms with E-state index in [2.05, 4.69) is 47.5 Å². The molecule has 2 rings (SSSR count). The quantitative estimate of drug-likeness (QED) is 0.414. The lowest BCUT2D eigenvalue weighted by Gasteiger charge is -2.19. The second kappa shape index (κ2) is 13.0. The largest absolute Gasteiger partial charge is 0.379 e. The van der Waals surface area contributed by atoms with Gasteiger partial charge < -0.3 is 15.5 Å². The van der Waals surface area contributed by atoms with Gasteiger partial charge >= 0.3 is 0 Å². The highest BCUT2D eigenvalue weighted by Gasteiger charge is 2.13. The van der Waals surface area contributed by atoms with Gasteiger partial charge in [0.2, 0.25) is 5.91 Å². The van der Waals surface area contributed by atoms with Crippen LogP contribution in [0, 0.1) is 17.6 Å². The van der Waals surface area contributed by atoms with Gasteiger partial charge in [-0.05, 0) is 50.5 Å². The van der Waals surface area contributed by atoms with Gasteiger partial charge in [-0.25, -0.2) is 8.78 Å². The number of nitrogens with one attached hydrogen (secondary N) is 2. The van der Waals surface area contributed by atoms with E-state index in [-0.39, 0.29) is 24.1 Å². The molecule has 0 aliphatic rings. The fourth-order valence-electron chi connectivity index (χ4n) is 3.33. The molecule has 0 bridgehead atoms. The Morgan fingerprint density at radius 3 is 2.50 bits per heavy atom. The zero-order valence-electron chi connectivity index (χ0n) is 20.9. The fourth-order valence-corrected chi connectivity index (χ4v) is 3.33. The summed E-state index contributed by atoms with van der Waals surface area (Å²) in [6.07, 6.45) is 3.73. The molecule has 0 heterocycles. The Morgan fingerprint density at radius 2 is 1.82 bits per heavy atom. The number of rotatable bonds is 11. The van der Waals surface area contributed by atoms with Gasteiger partial charge in [0, 0.05) is 49.3 Å². The normalized spacial score (nSPS) is 13.9. The number of aliphatic imine (C=N–C) groups is 1. The Kier molecular flexibility index (Phi) is 10.4. The van der Waals surface area contributed by atoms with Crippen LogP contribution in [-0.2, 0) is 11.2 Å². The van der Waals surface area contributed by atoms with Crippen LogP contribution in [-0.4, -0.2) is 36.7 Å². The molecule has 5 nitrogen and oxygen atoms in total. The molecule has 1 amide bonds. The van der Waals surface area contributed by atoms with Crippen LogP contribution in [0.5, 0.6) is 0 Å². The predicted molar refractivity (Wildman–Crippen MR) is 136 cm³/mol. The van der Waals surface area contributed by atoms with Crippen molar-refractivity contribution in [3.63, 3.8) is 0 Å². The third-order valence-corrected chi connectivity index (χ3v) is 5.46. The van der Waals surface area contributed by atoms with Crippen molar-refractivity contribution in [1.82, 2.24) is 10.2 Å². The summed E-state index contributed by atoms with van der Waals surface area (Å²) < 4.78 is 27.2.